The van der Waals surface area contributed by atoms with Crippen molar-refractivity contribution in [3.05, 3.63) is 53.3 Å². The lowest BCUT2D eigenvalue weighted by Gasteiger charge is -2.22. The van der Waals surface area contributed by atoms with Gasteiger partial charge in [0.25, 0.3) is 0 Å². The van der Waals surface area contributed by atoms with Crippen LogP contribution in [0.5, 0.6) is 0 Å². The molecule has 2 heterocycles. The minimum absolute atomic E-state index is 0.0983. The predicted molar refractivity (Wildman–Crippen MR) is 123 cm³/mol. The second-order valence-electron chi connectivity index (χ2n) is 8.26. The van der Waals surface area contributed by atoms with Gasteiger partial charge in [-0.3, -0.25) is 9.78 Å². The number of fused-ring (bicyclic) bond motifs is 1. The van der Waals surface area contributed by atoms with Gasteiger partial charge in [0.1, 0.15) is 6.04 Å². The van der Waals surface area contributed by atoms with Crippen molar-refractivity contribution in [1.29, 1.82) is 0 Å². The van der Waals surface area contributed by atoms with E-state index in [9.17, 15) is 4.79 Å². The van der Waals surface area contributed by atoms with Crippen molar-refractivity contribution < 1.29 is 4.79 Å². The number of benzene rings is 1. The molecule has 1 N–H and O–H groups in total. The number of hydrogen-bond donors (Lipinski definition) is 1. The first-order valence-electron chi connectivity index (χ1n) is 10.9. The molecule has 3 aromatic rings. The largest absolute Gasteiger partial charge is 0.352 e. The third-order valence-electron chi connectivity index (χ3n) is 6.02. The Morgan fingerprint density at radius 2 is 2.07 bits per heavy atom. The summed E-state index contributed by atoms with van der Waals surface area (Å²) >= 11 is 1.70. The second-order valence-corrected chi connectivity index (χ2v) is 9.20. The number of nitrogens with one attached hydrogen (secondary N) is 1. The average Bonchev–Trinajstić information content (AvgIpc) is 3.37. The van der Waals surface area contributed by atoms with Gasteiger partial charge in [-0.2, -0.15) is 0 Å². The van der Waals surface area contributed by atoms with Crippen molar-refractivity contribution >= 4 is 28.7 Å². The number of aryl methyl sites for hydroxylation is 2. The normalized spacial score (nSPS) is 15.6. The number of amides is 1. The molecule has 1 aliphatic rings. The average molecular weight is 423 g/mol. The molecule has 0 bridgehead atoms. The zero-order valence-corrected chi connectivity index (χ0v) is 18.8. The minimum atomic E-state index is -0.277. The lowest BCUT2D eigenvalue weighted by atomic mass is 10.1. The summed E-state index contributed by atoms with van der Waals surface area (Å²) in [4.78, 5) is 22.4. The van der Waals surface area contributed by atoms with E-state index in [-0.39, 0.29) is 11.9 Å². The maximum atomic E-state index is 13.2. The molecule has 30 heavy (non-hydrogen) atoms. The van der Waals surface area contributed by atoms with Gasteiger partial charge in [-0.15, -0.1) is 0 Å². The van der Waals surface area contributed by atoms with Gasteiger partial charge in [0.2, 0.25) is 5.91 Å². The number of carbonyl (C=O) groups is 1. The number of hydrogen-bond acceptors (Lipinski definition) is 4. The molecule has 1 fully saturated rings. The lowest BCUT2D eigenvalue weighted by Crippen LogP contribution is -2.38. The molecule has 2 aromatic heterocycles. The van der Waals surface area contributed by atoms with Crippen LogP contribution in [0.15, 0.2) is 41.8 Å². The molecule has 1 amide bonds. The van der Waals surface area contributed by atoms with Crippen molar-refractivity contribution in [2.24, 2.45) is 0 Å². The fourth-order valence-corrected chi connectivity index (χ4v) is 5.40. The highest BCUT2D eigenvalue weighted by Gasteiger charge is 2.27. The highest BCUT2D eigenvalue weighted by molar-refractivity contribution is 7.98. The molecule has 6 heteroatoms. The predicted octanol–water partition coefficient (Wildman–Crippen LogP) is 5.35. The smallest absolute Gasteiger partial charge is 0.243 e. The Morgan fingerprint density at radius 1 is 1.27 bits per heavy atom. The molecular formula is C24H30N4OS. The van der Waals surface area contributed by atoms with Crippen LogP contribution in [0, 0.1) is 13.8 Å². The Kier molecular flexibility index (Phi) is 6.42. The third kappa shape index (κ3) is 4.38. The van der Waals surface area contributed by atoms with Crippen LogP contribution in [0.3, 0.4) is 0 Å². The summed E-state index contributed by atoms with van der Waals surface area (Å²) in [6.45, 7) is 6.33. The van der Waals surface area contributed by atoms with Crippen molar-refractivity contribution in [1.82, 2.24) is 19.9 Å². The maximum absolute atomic E-state index is 13.2. The van der Waals surface area contributed by atoms with E-state index in [0.29, 0.717) is 6.04 Å². The molecule has 158 valence electrons. The van der Waals surface area contributed by atoms with E-state index >= 15 is 0 Å². The van der Waals surface area contributed by atoms with Crippen LogP contribution in [0.25, 0.3) is 11.0 Å². The van der Waals surface area contributed by atoms with Gasteiger partial charge in [0.15, 0.2) is 5.16 Å². The number of rotatable bonds is 7. The fraction of sp³-hybridized carbons (Fsp3) is 0.458. The van der Waals surface area contributed by atoms with Gasteiger partial charge < -0.3 is 9.88 Å². The zero-order chi connectivity index (χ0) is 21.1. The van der Waals surface area contributed by atoms with Crippen molar-refractivity contribution in [2.75, 3.05) is 0 Å². The Hall–Kier alpha value is -2.34. The number of pyridine rings is 1. The molecule has 1 aromatic carbocycles. The van der Waals surface area contributed by atoms with Gasteiger partial charge in [-0.1, -0.05) is 55.3 Å². The minimum Gasteiger partial charge on any atom is -0.352 e. The molecule has 1 atom stereocenters. The summed E-state index contributed by atoms with van der Waals surface area (Å²) in [5.41, 5.74) is 5.66. The summed E-state index contributed by atoms with van der Waals surface area (Å²) in [5.74, 6) is 0.923. The van der Waals surface area contributed by atoms with E-state index in [1.807, 2.05) is 12.3 Å². The highest BCUT2D eigenvalue weighted by Crippen LogP contribution is 2.32. The van der Waals surface area contributed by atoms with Crippen LogP contribution in [0.4, 0.5) is 0 Å². The van der Waals surface area contributed by atoms with Gasteiger partial charge in [-0.25, -0.2) is 4.98 Å². The molecular weight excluding hydrogens is 392 g/mol. The molecule has 1 aliphatic carbocycles. The monoisotopic (exact) mass is 422 g/mol. The van der Waals surface area contributed by atoms with Crippen LogP contribution in [0.1, 0.15) is 61.8 Å². The fourth-order valence-electron chi connectivity index (χ4n) is 4.27. The maximum Gasteiger partial charge on any atom is 0.243 e. The lowest BCUT2D eigenvalue weighted by molar-refractivity contribution is -0.125. The van der Waals surface area contributed by atoms with Gasteiger partial charge in [-0.05, 0) is 50.3 Å². The molecule has 0 aliphatic heterocycles. The number of carbonyl (C=O) groups excluding carboxylic acids is 1. The summed E-state index contributed by atoms with van der Waals surface area (Å²) in [6.07, 6.45) is 8.89. The summed E-state index contributed by atoms with van der Waals surface area (Å²) in [6, 6.07) is 8.51. The Morgan fingerprint density at radius 3 is 2.83 bits per heavy atom. The molecule has 1 saturated carbocycles. The van der Waals surface area contributed by atoms with E-state index in [2.05, 4.69) is 53.8 Å². The molecule has 4 rings (SSSR count). The number of thioether (sulfide) groups is 1. The molecule has 0 spiro atoms. The third-order valence-corrected chi connectivity index (χ3v) is 7.02. The molecule has 0 unspecified atom stereocenters. The van der Waals surface area contributed by atoms with Crippen LogP contribution in [0.2, 0.25) is 0 Å². The number of nitrogens with zero attached hydrogens (tertiary/aromatic N) is 3. The Bertz CT molecular complexity index is 1040. The van der Waals surface area contributed by atoms with Crippen LogP contribution in [-0.4, -0.2) is 26.5 Å². The van der Waals surface area contributed by atoms with E-state index in [1.54, 1.807) is 18.0 Å². The van der Waals surface area contributed by atoms with Gasteiger partial charge >= 0.3 is 0 Å². The van der Waals surface area contributed by atoms with Crippen LogP contribution < -0.4 is 5.32 Å². The Labute approximate surface area is 182 Å². The van der Waals surface area contributed by atoms with Gasteiger partial charge in [0.05, 0.1) is 17.2 Å². The van der Waals surface area contributed by atoms with Crippen molar-refractivity contribution in [3.8, 4) is 0 Å². The van der Waals surface area contributed by atoms with E-state index < -0.39 is 0 Å². The van der Waals surface area contributed by atoms with E-state index in [0.717, 1.165) is 41.2 Å². The van der Waals surface area contributed by atoms with Crippen molar-refractivity contribution in [3.63, 3.8) is 0 Å². The van der Waals surface area contributed by atoms with E-state index in [4.69, 9.17) is 4.98 Å². The summed E-state index contributed by atoms with van der Waals surface area (Å²) < 4.78 is 2.10. The number of imidazole rings is 1. The molecule has 0 radical (unpaired) electrons. The molecule has 0 saturated heterocycles. The SMILES string of the molecule is CC[C@H](C(=O)NC1CCCC1)n1c(SCc2cc(C)ccc2C)nc2ccncc21. The number of aromatic nitrogens is 3. The molecule has 5 nitrogen and oxygen atoms in total. The standard InChI is InChI=1S/C24H30N4OS/c1-4-21(23(29)26-19-7-5-6-8-19)28-22-14-25-12-11-20(22)27-24(28)30-15-18-13-16(2)9-10-17(18)3/h9-14,19,21H,4-8,15H2,1-3H3,(H,26,29)/t21-/m1/s1. The highest BCUT2D eigenvalue weighted by atomic mass is 32.2. The van der Waals surface area contributed by atoms with Crippen molar-refractivity contribution in [2.45, 2.75) is 75.9 Å². The second kappa shape index (κ2) is 9.21. The first kappa shape index (κ1) is 20.9. The summed E-state index contributed by atoms with van der Waals surface area (Å²) in [7, 11) is 0. The Balaban J connectivity index is 1.65. The van der Waals surface area contributed by atoms with Crippen LogP contribution in [-0.2, 0) is 10.5 Å². The van der Waals surface area contributed by atoms with Gasteiger partial charge in [0, 0.05) is 18.0 Å². The zero-order valence-electron chi connectivity index (χ0n) is 18.0. The summed E-state index contributed by atoms with van der Waals surface area (Å²) in [5, 5.41) is 4.17. The van der Waals surface area contributed by atoms with E-state index in [1.165, 1.54) is 29.5 Å². The first-order valence-corrected chi connectivity index (χ1v) is 11.9. The first-order chi connectivity index (χ1) is 14.6. The quantitative estimate of drug-likeness (QED) is 0.521. The topological polar surface area (TPSA) is 59.8 Å². The van der Waals surface area contributed by atoms with Crippen LogP contribution >= 0.6 is 11.8 Å².